The van der Waals surface area contributed by atoms with Crippen molar-refractivity contribution in [2.45, 2.75) is 71.6 Å². The van der Waals surface area contributed by atoms with Crippen LogP contribution in [-0.4, -0.2) is 18.5 Å². The SMILES string of the molecule is CCCCCCCCOc1ccc2c(CC)c(OCCCCBr)ccc2c1. The van der Waals surface area contributed by atoms with Gasteiger partial charge < -0.3 is 9.47 Å². The van der Waals surface area contributed by atoms with E-state index in [0.29, 0.717) is 0 Å². The lowest BCUT2D eigenvalue weighted by Crippen LogP contribution is -2.01. The van der Waals surface area contributed by atoms with E-state index in [2.05, 4.69) is 60.1 Å². The number of aryl methyl sites for hydroxylation is 1. The van der Waals surface area contributed by atoms with Crippen LogP contribution in [-0.2, 0) is 6.42 Å². The molecule has 2 aromatic carbocycles. The highest BCUT2D eigenvalue weighted by atomic mass is 79.9. The predicted molar refractivity (Wildman–Crippen MR) is 121 cm³/mol. The number of ether oxygens (including phenoxy) is 2. The van der Waals surface area contributed by atoms with Gasteiger partial charge in [-0.3, -0.25) is 0 Å². The third kappa shape index (κ3) is 7.37. The molecule has 0 aliphatic carbocycles. The molecular weight excluding hydrogens is 400 g/mol. The van der Waals surface area contributed by atoms with E-state index in [0.717, 1.165) is 55.7 Å². The molecule has 0 fully saturated rings. The van der Waals surface area contributed by atoms with Crippen molar-refractivity contribution >= 4 is 26.7 Å². The fourth-order valence-corrected chi connectivity index (χ4v) is 3.79. The number of fused-ring (bicyclic) bond motifs is 1. The van der Waals surface area contributed by atoms with E-state index in [-0.39, 0.29) is 0 Å². The summed E-state index contributed by atoms with van der Waals surface area (Å²) >= 11 is 3.47. The zero-order chi connectivity index (χ0) is 19.3. The summed E-state index contributed by atoms with van der Waals surface area (Å²) in [5.74, 6) is 2.00. The highest BCUT2D eigenvalue weighted by molar-refractivity contribution is 9.09. The Bertz CT molecular complexity index is 669. The van der Waals surface area contributed by atoms with Gasteiger partial charge in [0.25, 0.3) is 0 Å². The van der Waals surface area contributed by atoms with E-state index < -0.39 is 0 Å². The zero-order valence-electron chi connectivity index (χ0n) is 17.1. The first-order chi connectivity index (χ1) is 13.3. The lowest BCUT2D eigenvalue weighted by Gasteiger charge is -2.14. The summed E-state index contributed by atoms with van der Waals surface area (Å²) in [7, 11) is 0. The number of alkyl halides is 1. The summed E-state index contributed by atoms with van der Waals surface area (Å²) in [6, 6.07) is 10.7. The standard InChI is InChI=1S/C24H35BrO2/c1-3-5-6-7-8-10-17-26-21-13-14-23-20(19-21)12-15-24(22(23)4-2)27-18-11-9-16-25/h12-15,19H,3-11,16-18H2,1-2H3. The van der Waals surface area contributed by atoms with Crippen molar-refractivity contribution in [3.05, 3.63) is 35.9 Å². The van der Waals surface area contributed by atoms with Gasteiger partial charge in [-0.15, -0.1) is 0 Å². The number of hydrogen-bond donors (Lipinski definition) is 0. The zero-order valence-corrected chi connectivity index (χ0v) is 18.7. The topological polar surface area (TPSA) is 18.5 Å². The third-order valence-corrected chi connectivity index (χ3v) is 5.53. The van der Waals surface area contributed by atoms with E-state index in [4.69, 9.17) is 9.47 Å². The van der Waals surface area contributed by atoms with Gasteiger partial charge in [-0.05, 0) is 54.7 Å². The van der Waals surface area contributed by atoms with Crippen molar-refractivity contribution in [2.75, 3.05) is 18.5 Å². The van der Waals surface area contributed by atoms with E-state index in [1.54, 1.807) is 0 Å². The Hall–Kier alpha value is -1.22. The Morgan fingerprint density at radius 2 is 1.52 bits per heavy atom. The predicted octanol–water partition coefficient (Wildman–Crippen LogP) is 7.70. The number of halogens is 1. The van der Waals surface area contributed by atoms with Crippen molar-refractivity contribution in [3.63, 3.8) is 0 Å². The maximum absolute atomic E-state index is 6.04. The van der Waals surface area contributed by atoms with Gasteiger partial charge >= 0.3 is 0 Å². The van der Waals surface area contributed by atoms with Crippen molar-refractivity contribution in [2.24, 2.45) is 0 Å². The quantitative estimate of drug-likeness (QED) is 0.224. The molecule has 0 amide bonds. The fourth-order valence-electron chi connectivity index (χ4n) is 3.39. The molecule has 0 heterocycles. The van der Waals surface area contributed by atoms with Crippen LogP contribution in [0.25, 0.3) is 10.8 Å². The van der Waals surface area contributed by atoms with Gasteiger partial charge in [-0.2, -0.15) is 0 Å². The summed E-state index contributed by atoms with van der Waals surface area (Å²) in [6.45, 7) is 6.05. The molecule has 0 saturated carbocycles. The van der Waals surface area contributed by atoms with E-state index in [9.17, 15) is 0 Å². The van der Waals surface area contributed by atoms with Crippen molar-refractivity contribution < 1.29 is 9.47 Å². The van der Waals surface area contributed by atoms with E-state index >= 15 is 0 Å². The highest BCUT2D eigenvalue weighted by Gasteiger charge is 2.08. The van der Waals surface area contributed by atoms with Gasteiger partial charge in [0.15, 0.2) is 0 Å². The van der Waals surface area contributed by atoms with Crippen LogP contribution in [0.15, 0.2) is 30.3 Å². The molecule has 150 valence electrons. The van der Waals surface area contributed by atoms with E-state index in [1.165, 1.54) is 48.4 Å². The number of hydrogen-bond acceptors (Lipinski definition) is 2. The van der Waals surface area contributed by atoms with Crippen LogP contribution in [0.1, 0.15) is 70.8 Å². The maximum Gasteiger partial charge on any atom is 0.123 e. The Labute approximate surface area is 173 Å². The molecule has 3 heteroatoms. The number of rotatable bonds is 14. The Morgan fingerprint density at radius 3 is 2.30 bits per heavy atom. The summed E-state index contributed by atoms with van der Waals surface area (Å²) in [5, 5.41) is 3.55. The summed E-state index contributed by atoms with van der Waals surface area (Å²) < 4.78 is 12.0. The largest absolute Gasteiger partial charge is 0.494 e. The molecule has 27 heavy (non-hydrogen) atoms. The molecule has 0 unspecified atom stereocenters. The van der Waals surface area contributed by atoms with Crippen molar-refractivity contribution in [1.82, 2.24) is 0 Å². The van der Waals surface area contributed by atoms with Crippen LogP contribution < -0.4 is 9.47 Å². The molecule has 0 radical (unpaired) electrons. The minimum absolute atomic E-state index is 0.781. The lowest BCUT2D eigenvalue weighted by molar-refractivity contribution is 0.304. The van der Waals surface area contributed by atoms with Crippen molar-refractivity contribution in [1.29, 1.82) is 0 Å². The van der Waals surface area contributed by atoms with E-state index in [1.807, 2.05) is 0 Å². The van der Waals surface area contributed by atoms with Crippen LogP contribution in [0.5, 0.6) is 11.5 Å². The smallest absolute Gasteiger partial charge is 0.123 e. The molecule has 2 rings (SSSR count). The molecule has 0 N–H and O–H groups in total. The molecule has 0 bridgehead atoms. The molecular formula is C24H35BrO2. The maximum atomic E-state index is 6.04. The fraction of sp³-hybridized carbons (Fsp3) is 0.583. The minimum Gasteiger partial charge on any atom is -0.494 e. The first-order valence-electron chi connectivity index (χ1n) is 10.7. The molecule has 2 nitrogen and oxygen atoms in total. The second-order valence-corrected chi connectivity index (χ2v) is 7.93. The van der Waals surface area contributed by atoms with Gasteiger partial charge in [-0.25, -0.2) is 0 Å². The monoisotopic (exact) mass is 434 g/mol. The molecule has 0 spiro atoms. The van der Waals surface area contributed by atoms with Gasteiger partial charge in [-0.1, -0.05) is 74.0 Å². The molecule has 0 aliphatic heterocycles. The van der Waals surface area contributed by atoms with Gasteiger partial charge in [0.2, 0.25) is 0 Å². The first kappa shape index (κ1) is 22.1. The summed E-state index contributed by atoms with van der Waals surface area (Å²) in [4.78, 5) is 0. The molecule has 0 atom stereocenters. The molecule has 0 aliphatic rings. The Morgan fingerprint density at radius 1 is 0.778 bits per heavy atom. The molecule has 0 saturated heterocycles. The average molecular weight is 435 g/mol. The van der Waals surface area contributed by atoms with Gasteiger partial charge in [0.1, 0.15) is 11.5 Å². The normalized spacial score (nSPS) is 11.1. The number of unbranched alkanes of at least 4 members (excludes halogenated alkanes) is 6. The minimum atomic E-state index is 0.781. The van der Waals surface area contributed by atoms with Gasteiger partial charge in [0, 0.05) is 10.9 Å². The van der Waals surface area contributed by atoms with Crippen LogP contribution in [0.3, 0.4) is 0 Å². The highest BCUT2D eigenvalue weighted by Crippen LogP contribution is 2.31. The van der Waals surface area contributed by atoms with Crippen LogP contribution in [0.2, 0.25) is 0 Å². The number of benzene rings is 2. The van der Waals surface area contributed by atoms with Crippen LogP contribution >= 0.6 is 15.9 Å². The third-order valence-electron chi connectivity index (χ3n) is 4.97. The molecule has 0 aromatic heterocycles. The van der Waals surface area contributed by atoms with Crippen LogP contribution in [0, 0.1) is 0 Å². The van der Waals surface area contributed by atoms with Crippen molar-refractivity contribution in [3.8, 4) is 11.5 Å². The van der Waals surface area contributed by atoms with Gasteiger partial charge in [0.05, 0.1) is 13.2 Å². The first-order valence-corrected chi connectivity index (χ1v) is 11.8. The summed E-state index contributed by atoms with van der Waals surface area (Å²) in [6.07, 6.45) is 11.0. The van der Waals surface area contributed by atoms with Crippen LogP contribution in [0.4, 0.5) is 0 Å². The second-order valence-electron chi connectivity index (χ2n) is 7.14. The average Bonchev–Trinajstić information content (AvgIpc) is 2.70. The summed E-state index contributed by atoms with van der Waals surface area (Å²) in [5.41, 5.74) is 1.30. The Kier molecular flexibility index (Phi) is 10.7. The second kappa shape index (κ2) is 13.0. The lowest BCUT2D eigenvalue weighted by atomic mass is 10.0. The molecule has 2 aromatic rings. The Balaban J connectivity index is 1.92.